The molecule has 0 saturated heterocycles. The smallest absolute Gasteiger partial charge is 0.205 e. The molecule has 2 aromatic carbocycles. The molecule has 0 fully saturated rings. The van der Waals surface area contributed by atoms with Gasteiger partial charge in [0, 0.05) is 19.3 Å². The number of hydrogen-bond acceptors (Lipinski definition) is 5. The number of rotatable bonds is 5. The summed E-state index contributed by atoms with van der Waals surface area (Å²) in [7, 11) is 1.81. The fourth-order valence-corrected chi connectivity index (χ4v) is 2.77. The predicted octanol–water partition coefficient (Wildman–Crippen LogP) is 5.19. The summed E-state index contributed by atoms with van der Waals surface area (Å²) in [4.78, 5) is 12.0. The van der Waals surface area contributed by atoms with E-state index in [-0.39, 0.29) is 0 Å². The molecule has 4 aromatic rings. The maximum absolute atomic E-state index is 6.18. The Morgan fingerprint density at radius 2 is 1.96 bits per heavy atom. The molecule has 0 saturated carbocycles. The lowest BCUT2D eigenvalue weighted by Crippen LogP contribution is -1.95. The number of ether oxygens (including phenoxy) is 1. The van der Waals surface area contributed by atoms with E-state index < -0.39 is 0 Å². The molecule has 0 aliphatic heterocycles. The summed E-state index contributed by atoms with van der Waals surface area (Å²) in [6.07, 6.45) is 1.71. The number of aromatic nitrogens is 3. The summed E-state index contributed by atoms with van der Waals surface area (Å²) in [5.41, 5.74) is 2.47. The quantitative estimate of drug-likeness (QED) is 0.454. The third-order valence-corrected chi connectivity index (χ3v) is 4.15. The topological polar surface area (TPSA) is 74.9 Å². The van der Waals surface area contributed by atoms with Crippen LogP contribution in [0, 0.1) is 0 Å². The Hall–Kier alpha value is -3.25. The second kappa shape index (κ2) is 6.93. The summed E-state index contributed by atoms with van der Waals surface area (Å²) >= 11 is 6.18. The van der Waals surface area contributed by atoms with E-state index in [4.69, 9.17) is 16.3 Å². The Morgan fingerprint density at radius 3 is 2.81 bits per heavy atom. The minimum atomic E-state index is 0.613. The summed E-state index contributed by atoms with van der Waals surface area (Å²) in [6.45, 7) is 0. The highest BCUT2D eigenvalue weighted by molar-refractivity contribution is 6.33. The highest BCUT2D eigenvalue weighted by Crippen LogP contribution is 2.30. The van der Waals surface area contributed by atoms with Crippen molar-refractivity contribution in [1.29, 1.82) is 0 Å². The number of anilines is 3. The number of fused-ring (bicyclic) bond motifs is 1. The number of halogens is 1. The summed E-state index contributed by atoms with van der Waals surface area (Å²) in [6, 6.07) is 16.9. The maximum Gasteiger partial charge on any atom is 0.205 e. The standard InChI is InChI=1S/C19H16ClN5O/c1-21-18-17(7-4-10-22-18)26-12-8-9-15-16(11-12)25-19(24-15)23-14-6-3-2-5-13(14)20/h2-11H,1H3,(H,21,22)(H2,23,24,25). The third kappa shape index (κ3) is 3.27. The Morgan fingerprint density at radius 1 is 1.08 bits per heavy atom. The van der Waals surface area contributed by atoms with Crippen LogP contribution in [0.15, 0.2) is 60.8 Å². The van der Waals surface area contributed by atoms with Crippen LogP contribution in [-0.2, 0) is 0 Å². The van der Waals surface area contributed by atoms with Crippen molar-refractivity contribution in [1.82, 2.24) is 15.0 Å². The zero-order valence-corrected chi connectivity index (χ0v) is 14.7. The minimum Gasteiger partial charge on any atom is -0.453 e. The van der Waals surface area contributed by atoms with Gasteiger partial charge in [0.25, 0.3) is 0 Å². The first kappa shape index (κ1) is 16.2. The summed E-state index contributed by atoms with van der Waals surface area (Å²) in [5, 5.41) is 6.83. The van der Waals surface area contributed by atoms with Crippen LogP contribution in [0.4, 0.5) is 17.5 Å². The molecule has 2 aromatic heterocycles. The van der Waals surface area contributed by atoms with Gasteiger partial charge in [-0.25, -0.2) is 9.97 Å². The molecule has 0 aliphatic carbocycles. The van der Waals surface area contributed by atoms with E-state index in [1.807, 2.05) is 54.6 Å². The molecule has 7 heteroatoms. The van der Waals surface area contributed by atoms with Crippen LogP contribution in [0.25, 0.3) is 11.0 Å². The first-order valence-corrected chi connectivity index (χ1v) is 8.42. The van der Waals surface area contributed by atoms with Gasteiger partial charge in [-0.05, 0) is 36.4 Å². The lowest BCUT2D eigenvalue weighted by molar-refractivity contribution is 0.483. The molecular formula is C19H16ClN5O. The van der Waals surface area contributed by atoms with Crippen molar-refractivity contribution >= 4 is 40.1 Å². The fraction of sp³-hybridized carbons (Fsp3) is 0.0526. The lowest BCUT2D eigenvalue weighted by Gasteiger charge is -2.09. The molecule has 0 radical (unpaired) electrons. The predicted molar refractivity (Wildman–Crippen MR) is 105 cm³/mol. The van der Waals surface area contributed by atoms with Gasteiger partial charge in [0.1, 0.15) is 5.75 Å². The number of nitrogens with zero attached hydrogens (tertiary/aromatic N) is 2. The van der Waals surface area contributed by atoms with E-state index in [0.29, 0.717) is 28.3 Å². The number of aromatic amines is 1. The van der Waals surface area contributed by atoms with Crippen molar-refractivity contribution in [2.75, 3.05) is 17.7 Å². The average Bonchev–Trinajstić information content (AvgIpc) is 3.06. The van der Waals surface area contributed by atoms with Crippen molar-refractivity contribution in [3.05, 3.63) is 65.8 Å². The molecule has 0 bridgehead atoms. The van der Waals surface area contributed by atoms with E-state index in [2.05, 4.69) is 25.6 Å². The number of nitrogens with one attached hydrogen (secondary N) is 3. The van der Waals surface area contributed by atoms with Crippen LogP contribution in [-0.4, -0.2) is 22.0 Å². The lowest BCUT2D eigenvalue weighted by atomic mass is 10.3. The molecule has 2 heterocycles. The zero-order chi connectivity index (χ0) is 17.9. The van der Waals surface area contributed by atoms with Crippen LogP contribution in [0.2, 0.25) is 5.02 Å². The Labute approximate surface area is 155 Å². The largest absolute Gasteiger partial charge is 0.453 e. The Balaban J connectivity index is 1.61. The summed E-state index contributed by atoms with van der Waals surface area (Å²) in [5.74, 6) is 2.64. The highest BCUT2D eigenvalue weighted by Gasteiger charge is 2.08. The number of benzene rings is 2. The van der Waals surface area contributed by atoms with Gasteiger partial charge >= 0.3 is 0 Å². The van der Waals surface area contributed by atoms with Gasteiger partial charge in [-0.2, -0.15) is 0 Å². The Bertz CT molecular complexity index is 1060. The van der Waals surface area contributed by atoms with E-state index in [1.54, 1.807) is 13.2 Å². The number of hydrogen-bond donors (Lipinski definition) is 3. The molecule has 130 valence electrons. The Kier molecular flexibility index (Phi) is 4.33. The molecule has 4 rings (SSSR count). The van der Waals surface area contributed by atoms with E-state index >= 15 is 0 Å². The molecule has 3 N–H and O–H groups in total. The van der Waals surface area contributed by atoms with Crippen molar-refractivity contribution in [2.45, 2.75) is 0 Å². The first-order chi connectivity index (χ1) is 12.7. The SMILES string of the molecule is CNc1ncccc1Oc1ccc2nc(Nc3ccccc3Cl)[nH]c2c1. The molecule has 0 atom stereocenters. The number of pyridine rings is 1. The van der Waals surface area contributed by atoms with Crippen molar-refractivity contribution < 1.29 is 4.74 Å². The second-order valence-electron chi connectivity index (χ2n) is 5.57. The minimum absolute atomic E-state index is 0.613. The number of imidazole rings is 1. The van der Waals surface area contributed by atoms with Gasteiger partial charge in [0.2, 0.25) is 5.95 Å². The third-order valence-electron chi connectivity index (χ3n) is 3.82. The second-order valence-corrected chi connectivity index (χ2v) is 5.98. The molecule has 0 spiro atoms. The van der Waals surface area contributed by atoms with Crippen LogP contribution in [0.1, 0.15) is 0 Å². The fourth-order valence-electron chi connectivity index (χ4n) is 2.59. The van der Waals surface area contributed by atoms with E-state index in [0.717, 1.165) is 16.7 Å². The molecule has 0 amide bonds. The number of para-hydroxylation sites is 1. The average molecular weight is 366 g/mol. The van der Waals surface area contributed by atoms with Gasteiger partial charge < -0.3 is 20.4 Å². The van der Waals surface area contributed by atoms with Crippen LogP contribution >= 0.6 is 11.6 Å². The summed E-state index contributed by atoms with van der Waals surface area (Å²) < 4.78 is 5.94. The van der Waals surface area contributed by atoms with E-state index in [1.165, 1.54) is 0 Å². The molecule has 0 aliphatic rings. The highest BCUT2D eigenvalue weighted by atomic mass is 35.5. The molecule has 6 nitrogen and oxygen atoms in total. The van der Waals surface area contributed by atoms with Gasteiger partial charge in [0.05, 0.1) is 21.7 Å². The van der Waals surface area contributed by atoms with E-state index in [9.17, 15) is 0 Å². The van der Waals surface area contributed by atoms with Gasteiger partial charge in [-0.1, -0.05) is 23.7 Å². The monoisotopic (exact) mass is 365 g/mol. The van der Waals surface area contributed by atoms with Gasteiger partial charge in [-0.3, -0.25) is 0 Å². The number of H-pyrrole nitrogens is 1. The van der Waals surface area contributed by atoms with Gasteiger partial charge in [0.15, 0.2) is 11.6 Å². The maximum atomic E-state index is 6.18. The molecular weight excluding hydrogens is 350 g/mol. The normalized spacial score (nSPS) is 10.7. The van der Waals surface area contributed by atoms with Crippen molar-refractivity contribution in [3.8, 4) is 11.5 Å². The zero-order valence-electron chi connectivity index (χ0n) is 14.0. The molecule has 26 heavy (non-hydrogen) atoms. The van der Waals surface area contributed by atoms with Crippen LogP contribution in [0.5, 0.6) is 11.5 Å². The first-order valence-electron chi connectivity index (χ1n) is 8.05. The van der Waals surface area contributed by atoms with Crippen molar-refractivity contribution in [3.63, 3.8) is 0 Å². The van der Waals surface area contributed by atoms with Crippen molar-refractivity contribution in [2.24, 2.45) is 0 Å². The van der Waals surface area contributed by atoms with Crippen LogP contribution in [0.3, 0.4) is 0 Å². The van der Waals surface area contributed by atoms with Crippen LogP contribution < -0.4 is 15.4 Å². The van der Waals surface area contributed by atoms with Gasteiger partial charge in [-0.15, -0.1) is 0 Å². The molecule has 0 unspecified atom stereocenters.